The maximum absolute atomic E-state index is 2.49. The Kier molecular flexibility index (Phi) is 6.15. The zero-order chi connectivity index (χ0) is 36.4. The predicted molar refractivity (Wildman–Crippen MR) is 233 cm³/mol. The average molecular weight is 701 g/mol. The van der Waals surface area contributed by atoms with Crippen LogP contribution in [0.5, 0.6) is 0 Å². The molecule has 0 bridgehead atoms. The standard InChI is InChI=1S/C53H36N2/c1-53(2)47-17-9-7-15-41(47)43-32-52-46(31-48(43)53)45-30-38(22-26-51(45)55(52)40-24-20-34-12-4-6-14-36(34)28-40)37-21-25-50-44(29-37)42-16-8-10-18-49(42)54(50)39-23-19-33-11-3-5-13-35(33)27-39/h3-32H,1-2H3. The molecule has 11 aromatic rings. The van der Waals surface area contributed by atoms with Gasteiger partial charge in [0.05, 0.1) is 22.1 Å². The summed E-state index contributed by atoms with van der Waals surface area (Å²) in [5.74, 6) is 0. The van der Waals surface area contributed by atoms with Gasteiger partial charge in [0, 0.05) is 38.3 Å². The minimum Gasteiger partial charge on any atom is -0.309 e. The zero-order valence-electron chi connectivity index (χ0n) is 30.7. The highest BCUT2D eigenvalue weighted by Gasteiger charge is 2.36. The number of fused-ring (bicyclic) bond motifs is 11. The van der Waals surface area contributed by atoms with Crippen molar-refractivity contribution < 1.29 is 0 Å². The Bertz CT molecular complexity index is 3410. The van der Waals surface area contributed by atoms with Crippen molar-refractivity contribution in [2.75, 3.05) is 0 Å². The van der Waals surface area contributed by atoms with Crippen LogP contribution in [0.25, 0.3) is 98.8 Å². The molecule has 2 heteroatoms. The van der Waals surface area contributed by atoms with Crippen LogP contribution in [0.3, 0.4) is 0 Å². The minimum atomic E-state index is -0.0839. The molecule has 0 fully saturated rings. The molecule has 9 aromatic carbocycles. The van der Waals surface area contributed by atoms with Crippen molar-refractivity contribution in [1.29, 1.82) is 0 Å². The van der Waals surface area contributed by atoms with Gasteiger partial charge >= 0.3 is 0 Å². The monoisotopic (exact) mass is 700 g/mol. The lowest BCUT2D eigenvalue weighted by Crippen LogP contribution is -2.14. The lowest BCUT2D eigenvalue weighted by Gasteiger charge is -2.21. The highest BCUT2D eigenvalue weighted by molar-refractivity contribution is 6.14. The lowest BCUT2D eigenvalue weighted by atomic mass is 9.82. The zero-order valence-corrected chi connectivity index (χ0v) is 30.7. The van der Waals surface area contributed by atoms with Crippen LogP contribution in [0.15, 0.2) is 182 Å². The van der Waals surface area contributed by atoms with Crippen LogP contribution in [-0.4, -0.2) is 9.13 Å². The molecule has 2 heterocycles. The molecule has 0 amide bonds. The van der Waals surface area contributed by atoms with Crippen molar-refractivity contribution >= 4 is 65.2 Å². The summed E-state index contributed by atoms with van der Waals surface area (Å²) in [6, 6.07) is 67.8. The second-order valence-corrected chi connectivity index (χ2v) is 15.8. The fourth-order valence-corrected chi connectivity index (χ4v) is 9.73. The molecular weight excluding hydrogens is 665 g/mol. The quantitative estimate of drug-likeness (QED) is 0.174. The number of nitrogens with zero attached hydrogens (tertiary/aromatic N) is 2. The highest BCUT2D eigenvalue weighted by Crippen LogP contribution is 2.51. The van der Waals surface area contributed by atoms with Crippen LogP contribution in [0.1, 0.15) is 25.0 Å². The fourth-order valence-electron chi connectivity index (χ4n) is 9.73. The molecule has 0 saturated heterocycles. The summed E-state index contributed by atoms with van der Waals surface area (Å²) in [5.41, 5.74) is 15.1. The van der Waals surface area contributed by atoms with Crippen molar-refractivity contribution in [3.63, 3.8) is 0 Å². The van der Waals surface area contributed by atoms with Crippen LogP contribution in [0.4, 0.5) is 0 Å². The van der Waals surface area contributed by atoms with E-state index in [4.69, 9.17) is 0 Å². The Labute approximate surface area is 319 Å². The van der Waals surface area contributed by atoms with Gasteiger partial charge in [0.25, 0.3) is 0 Å². The molecule has 0 aliphatic heterocycles. The van der Waals surface area contributed by atoms with Crippen molar-refractivity contribution in [3.05, 3.63) is 193 Å². The Hall–Kier alpha value is -6.90. The Morgan fingerprint density at radius 3 is 1.51 bits per heavy atom. The maximum atomic E-state index is 2.49. The highest BCUT2D eigenvalue weighted by atomic mass is 15.0. The summed E-state index contributed by atoms with van der Waals surface area (Å²) in [6.45, 7) is 4.75. The van der Waals surface area contributed by atoms with Crippen LogP contribution in [0.2, 0.25) is 0 Å². The number of hydrogen-bond donors (Lipinski definition) is 0. The van der Waals surface area contributed by atoms with E-state index in [0.717, 1.165) is 0 Å². The first kappa shape index (κ1) is 30.6. The van der Waals surface area contributed by atoms with Gasteiger partial charge in [-0.3, -0.25) is 0 Å². The van der Waals surface area contributed by atoms with Gasteiger partial charge in [-0.15, -0.1) is 0 Å². The molecule has 2 aromatic heterocycles. The summed E-state index contributed by atoms with van der Waals surface area (Å²) in [6.07, 6.45) is 0. The van der Waals surface area contributed by atoms with Crippen molar-refractivity contribution in [2.24, 2.45) is 0 Å². The molecule has 1 aliphatic rings. The van der Waals surface area contributed by atoms with Gasteiger partial charge < -0.3 is 9.13 Å². The van der Waals surface area contributed by atoms with Gasteiger partial charge in [-0.1, -0.05) is 129 Å². The molecule has 0 N–H and O–H groups in total. The van der Waals surface area contributed by atoms with Crippen molar-refractivity contribution in [3.8, 4) is 33.6 Å². The van der Waals surface area contributed by atoms with E-state index in [1.54, 1.807) is 0 Å². The van der Waals surface area contributed by atoms with Gasteiger partial charge in [0.15, 0.2) is 0 Å². The van der Waals surface area contributed by atoms with Crippen molar-refractivity contribution in [1.82, 2.24) is 9.13 Å². The third kappa shape index (κ3) is 4.31. The smallest absolute Gasteiger partial charge is 0.0547 e. The predicted octanol–water partition coefficient (Wildman–Crippen LogP) is 14.2. The van der Waals surface area contributed by atoms with E-state index in [0.29, 0.717) is 0 Å². The van der Waals surface area contributed by atoms with E-state index in [2.05, 4.69) is 205 Å². The van der Waals surface area contributed by atoms with Crippen LogP contribution in [-0.2, 0) is 5.41 Å². The van der Waals surface area contributed by atoms with Crippen molar-refractivity contribution in [2.45, 2.75) is 19.3 Å². The molecule has 1 aliphatic carbocycles. The topological polar surface area (TPSA) is 9.86 Å². The first-order valence-corrected chi connectivity index (χ1v) is 19.3. The molecule has 0 saturated carbocycles. The van der Waals surface area contributed by atoms with E-state index in [1.165, 1.54) is 110 Å². The molecule has 0 radical (unpaired) electrons. The van der Waals surface area contributed by atoms with E-state index in [1.807, 2.05) is 0 Å². The van der Waals surface area contributed by atoms with Gasteiger partial charge in [0.1, 0.15) is 0 Å². The van der Waals surface area contributed by atoms with E-state index in [9.17, 15) is 0 Å². The SMILES string of the molecule is CC1(C)c2ccccc2-c2cc3c(cc21)c1cc(-c2ccc4c(c2)c2ccccc2n4-c2ccc4ccccc4c2)ccc1n3-c1ccc2ccccc2c1. The number of aromatic nitrogens is 2. The third-order valence-electron chi connectivity index (χ3n) is 12.5. The number of rotatable bonds is 3. The van der Waals surface area contributed by atoms with Gasteiger partial charge in [-0.05, 0) is 122 Å². The first-order valence-electron chi connectivity index (χ1n) is 19.3. The molecule has 0 unspecified atom stereocenters. The summed E-state index contributed by atoms with van der Waals surface area (Å²) >= 11 is 0. The minimum absolute atomic E-state index is 0.0839. The summed E-state index contributed by atoms with van der Waals surface area (Å²) < 4.78 is 4.90. The molecule has 55 heavy (non-hydrogen) atoms. The Morgan fingerprint density at radius 2 is 0.836 bits per heavy atom. The molecule has 2 nitrogen and oxygen atoms in total. The van der Waals surface area contributed by atoms with E-state index in [-0.39, 0.29) is 5.41 Å². The lowest BCUT2D eigenvalue weighted by molar-refractivity contribution is 0.661. The number of hydrogen-bond acceptors (Lipinski definition) is 0. The summed E-state index contributed by atoms with van der Waals surface area (Å²) in [7, 11) is 0. The summed E-state index contributed by atoms with van der Waals surface area (Å²) in [4.78, 5) is 0. The first-order chi connectivity index (χ1) is 27.0. The van der Waals surface area contributed by atoms with E-state index < -0.39 is 0 Å². The average Bonchev–Trinajstić information content (AvgIpc) is 3.82. The number of para-hydroxylation sites is 1. The van der Waals surface area contributed by atoms with Crippen LogP contribution in [0, 0.1) is 0 Å². The maximum Gasteiger partial charge on any atom is 0.0547 e. The Balaban J connectivity index is 1.09. The summed E-state index contributed by atoms with van der Waals surface area (Å²) in [5, 5.41) is 10.1. The normalized spacial score (nSPS) is 13.4. The third-order valence-corrected chi connectivity index (χ3v) is 12.5. The number of benzene rings is 9. The van der Waals surface area contributed by atoms with Gasteiger partial charge in [-0.25, -0.2) is 0 Å². The molecule has 0 atom stereocenters. The second kappa shape index (κ2) is 11.1. The van der Waals surface area contributed by atoms with E-state index >= 15 is 0 Å². The van der Waals surface area contributed by atoms with Crippen LogP contribution < -0.4 is 0 Å². The Morgan fingerprint density at radius 1 is 0.327 bits per heavy atom. The molecular formula is C53H36N2. The van der Waals surface area contributed by atoms with Gasteiger partial charge in [0.2, 0.25) is 0 Å². The molecule has 258 valence electrons. The fraction of sp³-hybridized carbons (Fsp3) is 0.0566. The molecule has 0 spiro atoms. The van der Waals surface area contributed by atoms with Crippen LogP contribution >= 0.6 is 0 Å². The largest absolute Gasteiger partial charge is 0.309 e. The molecule has 12 rings (SSSR count). The van der Waals surface area contributed by atoms with Gasteiger partial charge in [-0.2, -0.15) is 0 Å². The second-order valence-electron chi connectivity index (χ2n) is 15.8.